The number of anilines is 2. The molecule has 0 radical (unpaired) electrons. The van der Waals surface area contributed by atoms with E-state index in [4.69, 9.17) is 9.84 Å². The van der Waals surface area contributed by atoms with Crippen LogP contribution in [0, 0.1) is 0 Å². The van der Waals surface area contributed by atoms with E-state index in [1.807, 2.05) is 12.1 Å². The molecule has 0 unspecified atom stereocenters. The summed E-state index contributed by atoms with van der Waals surface area (Å²) < 4.78 is 6.01. The number of aromatic carboxylic acids is 1. The second kappa shape index (κ2) is 5.71. The molecule has 5 nitrogen and oxygen atoms in total. The summed E-state index contributed by atoms with van der Waals surface area (Å²) >= 11 is 3.35. The highest BCUT2D eigenvalue weighted by Crippen LogP contribution is 2.29. The van der Waals surface area contributed by atoms with Gasteiger partial charge in [-0.1, -0.05) is 0 Å². The minimum atomic E-state index is -1.01. The standard InChI is InChI=1S/C13H11BrN2O3/c1-19-12-6-8(2-3-10(12)14)16-11-7-15-5-4-9(11)13(17)18/h2-7,16H,1H3,(H,17,18). The predicted molar refractivity (Wildman–Crippen MR) is 75.2 cm³/mol. The van der Waals surface area contributed by atoms with E-state index in [9.17, 15) is 4.79 Å². The molecule has 0 aliphatic heterocycles. The average Bonchev–Trinajstić information content (AvgIpc) is 2.41. The van der Waals surface area contributed by atoms with Crippen molar-refractivity contribution in [3.63, 3.8) is 0 Å². The van der Waals surface area contributed by atoms with Gasteiger partial charge in [-0.15, -0.1) is 0 Å². The van der Waals surface area contributed by atoms with Gasteiger partial charge in [-0.2, -0.15) is 0 Å². The molecule has 2 aromatic rings. The second-order valence-corrected chi connectivity index (χ2v) is 4.56. The topological polar surface area (TPSA) is 71.5 Å². The van der Waals surface area contributed by atoms with E-state index >= 15 is 0 Å². The molecule has 0 fully saturated rings. The smallest absolute Gasteiger partial charge is 0.337 e. The van der Waals surface area contributed by atoms with E-state index in [1.54, 1.807) is 13.2 Å². The number of pyridine rings is 1. The molecule has 98 valence electrons. The summed E-state index contributed by atoms with van der Waals surface area (Å²) in [6.07, 6.45) is 2.91. The third-order valence-electron chi connectivity index (χ3n) is 2.48. The van der Waals surface area contributed by atoms with Gasteiger partial charge in [-0.3, -0.25) is 4.98 Å². The number of methoxy groups -OCH3 is 1. The summed E-state index contributed by atoms with van der Waals surface area (Å²) in [6, 6.07) is 6.84. The number of hydrogen-bond acceptors (Lipinski definition) is 4. The van der Waals surface area contributed by atoms with E-state index in [1.165, 1.54) is 18.5 Å². The van der Waals surface area contributed by atoms with Gasteiger partial charge in [0, 0.05) is 18.0 Å². The first kappa shape index (κ1) is 13.4. The highest BCUT2D eigenvalue weighted by molar-refractivity contribution is 9.10. The van der Waals surface area contributed by atoms with Crippen molar-refractivity contribution in [3.8, 4) is 5.75 Å². The normalized spacial score (nSPS) is 10.0. The summed E-state index contributed by atoms with van der Waals surface area (Å²) in [5.41, 5.74) is 1.31. The molecule has 6 heteroatoms. The molecule has 1 aromatic carbocycles. The maximum Gasteiger partial charge on any atom is 0.337 e. The van der Waals surface area contributed by atoms with Crippen LogP contribution in [0.25, 0.3) is 0 Å². The second-order valence-electron chi connectivity index (χ2n) is 3.70. The third kappa shape index (κ3) is 3.03. The number of hydrogen-bond donors (Lipinski definition) is 2. The van der Waals surface area contributed by atoms with Crippen LogP contribution < -0.4 is 10.1 Å². The highest BCUT2D eigenvalue weighted by Gasteiger charge is 2.10. The molecule has 2 N–H and O–H groups in total. The number of carboxylic acids is 1. The number of nitrogens with one attached hydrogen (secondary N) is 1. The Labute approximate surface area is 118 Å². The molecule has 0 saturated carbocycles. The van der Waals surface area contributed by atoms with Crippen molar-refractivity contribution in [2.45, 2.75) is 0 Å². The number of carbonyl (C=O) groups is 1. The van der Waals surface area contributed by atoms with Crippen LogP contribution in [0.3, 0.4) is 0 Å². The Morgan fingerprint density at radius 2 is 2.21 bits per heavy atom. The first-order chi connectivity index (χ1) is 9.11. The van der Waals surface area contributed by atoms with Gasteiger partial charge in [0.25, 0.3) is 0 Å². The zero-order valence-corrected chi connectivity index (χ0v) is 11.6. The van der Waals surface area contributed by atoms with Crippen LogP contribution in [0.1, 0.15) is 10.4 Å². The van der Waals surface area contributed by atoms with E-state index in [2.05, 4.69) is 26.2 Å². The van der Waals surface area contributed by atoms with Crippen LogP contribution in [-0.2, 0) is 0 Å². The molecular weight excluding hydrogens is 312 g/mol. The first-order valence-corrected chi connectivity index (χ1v) is 6.19. The number of nitrogens with zero attached hydrogens (tertiary/aromatic N) is 1. The van der Waals surface area contributed by atoms with Gasteiger partial charge >= 0.3 is 5.97 Å². The zero-order valence-electron chi connectivity index (χ0n) is 10.1. The van der Waals surface area contributed by atoms with Crippen molar-refractivity contribution in [2.75, 3.05) is 12.4 Å². The molecule has 0 atom stereocenters. The highest BCUT2D eigenvalue weighted by atomic mass is 79.9. The summed E-state index contributed by atoms with van der Waals surface area (Å²) in [5.74, 6) is -0.347. The van der Waals surface area contributed by atoms with Gasteiger partial charge < -0.3 is 15.2 Å². The number of benzene rings is 1. The first-order valence-electron chi connectivity index (χ1n) is 5.39. The zero-order chi connectivity index (χ0) is 13.8. The lowest BCUT2D eigenvalue weighted by Crippen LogP contribution is -2.03. The van der Waals surface area contributed by atoms with Crippen LogP contribution in [0.4, 0.5) is 11.4 Å². The fraction of sp³-hybridized carbons (Fsp3) is 0.0769. The van der Waals surface area contributed by atoms with Gasteiger partial charge in [0.1, 0.15) is 5.75 Å². The van der Waals surface area contributed by atoms with Gasteiger partial charge in [-0.25, -0.2) is 4.79 Å². The molecule has 1 aromatic heterocycles. The number of rotatable bonds is 4. The van der Waals surface area contributed by atoms with Crippen LogP contribution >= 0.6 is 15.9 Å². The monoisotopic (exact) mass is 322 g/mol. The Kier molecular flexibility index (Phi) is 4.01. The average molecular weight is 323 g/mol. The van der Waals surface area contributed by atoms with Crippen LogP contribution in [-0.4, -0.2) is 23.2 Å². The van der Waals surface area contributed by atoms with Gasteiger partial charge in [0.2, 0.25) is 0 Å². The van der Waals surface area contributed by atoms with Crippen LogP contribution in [0.2, 0.25) is 0 Å². The van der Waals surface area contributed by atoms with E-state index in [0.717, 1.165) is 10.2 Å². The van der Waals surface area contributed by atoms with Crippen LogP contribution in [0.5, 0.6) is 5.75 Å². The number of carboxylic acid groups (broad SMARTS) is 1. The molecule has 19 heavy (non-hydrogen) atoms. The SMILES string of the molecule is COc1cc(Nc2cnccc2C(=O)O)ccc1Br. The Morgan fingerprint density at radius 1 is 1.42 bits per heavy atom. The van der Waals surface area contributed by atoms with Crippen molar-refractivity contribution >= 4 is 33.3 Å². The molecule has 0 amide bonds. The lowest BCUT2D eigenvalue weighted by Gasteiger charge is -2.11. The quantitative estimate of drug-likeness (QED) is 0.903. The molecule has 1 heterocycles. The predicted octanol–water partition coefficient (Wildman–Crippen LogP) is 3.29. The van der Waals surface area contributed by atoms with Crippen LogP contribution in [0.15, 0.2) is 41.1 Å². The van der Waals surface area contributed by atoms with Crippen molar-refractivity contribution in [1.29, 1.82) is 0 Å². The summed E-state index contributed by atoms with van der Waals surface area (Å²) in [6.45, 7) is 0. The molecule has 0 bridgehead atoms. The largest absolute Gasteiger partial charge is 0.495 e. The molecule has 0 aliphatic rings. The summed E-state index contributed by atoms with van der Waals surface area (Å²) in [4.78, 5) is 15.0. The fourth-order valence-corrected chi connectivity index (χ4v) is 1.98. The van der Waals surface area contributed by atoms with E-state index in [-0.39, 0.29) is 5.56 Å². The van der Waals surface area contributed by atoms with Gasteiger partial charge in [0.05, 0.1) is 29.0 Å². The number of aromatic nitrogens is 1. The van der Waals surface area contributed by atoms with Crippen molar-refractivity contribution in [2.24, 2.45) is 0 Å². The van der Waals surface area contributed by atoms with Crippen molar-refractivity contribution in [3.05, 3.63) is 46.7 Å². The van der Waals surface area contributed by atoms with Gasteiger partial charge in [-0.05, 0) is 34.1 Å². The van der Waals surface area contributed by atoms with Crippen molar-refractivity contribution < 1.29 is 14.6 Å². The lowest BCUT2D eigenvalue weighted by molar-refractivity contribution is 0.0698. The minimum absolute atomic E-state index is 0.164. The minimum Gasteiger partial charge on any atom is -0.495 e. The Balaban J connectivity index is 2.34. The third-order valence-corrected chi connectivity index (χ3v) is 3.14. The molecule has 0 saturated heterocycles. The fourth-order valence-electron chi connectivity index (χ4n) is 1.57. The molecular formula is C13H11BrN2O3. The Morgan fingerprint density at radius 3 is 2.89 bits per heavy atom. The van der Waals surface area contributed by atoms with E-state index in [0.29, 0.717) is 11.4 Å². The molecule has 0 aliphatic carbocycles. The number of ether oxygens (including phenoxy) is 1. The Bertz CT molecular complexity index is 617. The molecule has 2 rings (SSSR count). The Hall–Kier alpha value is -2.08. The lowest BCUT2D eigenvalue weighted by atomic mass is 10.2. The maximum absolute atomic E-state index is 11.1. The molecule has 0 spiro atoms. The maximum atomic E-state index is 11.1. The summed E-state index contributed by atoms with van der Waals surface area (Å²) in [5, 5.41) is 12.1. The van der Waals surface area contributed by atoms with E-state index < -0.39 is 5.97 Å². The van der Waals surface area contributed by atoms with Gasteiger partial charge in [0.15, 0.2) is 0 Å². The number of halogens is 1. The van der Waals surface area contributed by atoms with Crippen molar-refractivity contribution in [1.82, 2.24) is 4.98 Å². The summed E-state index contributed by atoms with van der Waals surface area (Å²) in [7, 11) is 1.57.